The molecule has 0 heterocycles. The third kappa shape index (κ3) is 6.16. The third-order valence-corrected chi connectivity index (χ3v) is 4.17. The van der Waals surface area contributed by atoms with E-state index in [1.165, 1.54) is 12.8 Å². The largest absolute Gasteiger partial charge is 0.483 e. The monoisotopic (exact) mass is 349 g/mol. The maximum Gasteiger partial charge on any atom is 0.276 e. The van der Waals surface area contributed by atoms with Crippen molar-refractivity contribution >= 4 is 29.1 Å². The van der Waals surface area contributed by atoms with E-state index >= 15 is 0 Å². The van der Waals surface area contributed by atoms with E-state index in [2.05, 4.69) is 16.2 Å². The number of ether oxygens (including phenoxy) is 1. The molecule has 6 nitrogen and oxygen atoms in total. The van der Waals surface area contributed by atoms with Crippen molar-refractivity contribution in [3.8, 4) is 5.75 Å². The number of carbonyl (C=O) groups excluding carboxylic acids is 2. The van der Waals surface area contributed by atoms with Gasteiger partial charge in [0.2, 0.25) is 5.91 Å². The quantitative estimate of drug-likeness (QED) is 0.559. The van der Waals surface area contributed by atoms with Crippen LogP contribution in [0.3, 0.4) is 0 Å². The fourth-order valence-electron chi connectivity index (χ4n) is 2.71. The Bertz CT molecular complexity index is 600. The van der Waals surface area contributed by atoms with Gasteiger partial charge < -0.3 is 10.1 Å². The molecule has 0 aromatic heterocycles. The van der Waals surface area contributed by atoms with Gasteiger partial charge in [0.05, 0.1) is 0 Å². The number of carbonyl (C=O) groups is 2. The molecule has 0 aliphatic heterocycles. The number of rotatable bonds is 5. The molecule has 2 rings (SSSR count). The molecule has 0 atom stereocenters. The van der Waals surface area contributed by atoms with Gasteiger partial charge in [0.25, 0.3) is 5.91 Å². The highest BCUT2D eigenvalue weighted by molar-refractivity contribution is 7.80. The first-order valence-electron chi connectivity index (χ1n) is 8.11. The van der Waals surface area contributed by atoms with Gasteiger partial charge in [-0.05, 0) is 49.5 Å². The van der Waals surface area contributed by atoms with Crippen molar-refractivity contribution in [2.45, 2.75) is 39.0 Å². The topological polar surface area (TPSA) is 79.5 Å². The van der Waals surface area contributed by atoms with Gasteiger partial charge in [-0.1, -0.05) is 31.0 Å². The molecule has 1 aromatic rings. The summed E-state index contributed by atoms with van der Waals surface area (Å²) in [6.45, 7) is 1.76. The van der Waals surface area contributed by atoms with Crippen LogP contribution in [0.15, 0.2) is 24.3 Å². The van der Waals surface area contributed by atoms with E-state index in [1.54, 1.807) is 6.07 Å². The van der Waals surface area contributed by atoms with Crippen molar-refractivity contribution in [1.29, 1.82) is 0 Å². The summed E-state index contributed by atoms with van der Waals surface area (Å²) in [5, 5.41) is 2.66. The van der Waals surface area contributed by atoms with Crippen molar-refractivity contribution in [1.82, 2.24) is 16.2 Å². The minimum Gasteiger partial charge on any atom is -0.483 e. The summed E-state index contributed by atoms with van der Waals surface area (Å²) in [4.78, 5) is 23.6. The van der Waals surface area contributed by atoms with Gasteiger partial charge in [-0.3, -0.25) is 20.4 Å². The van der Waals surface area contributed by atoms with Gasteiger partial charge in [-0.25, -0.2) is 0 Å². The normalized spacial score (nSPS) is 14.0. The van der Waals surface area contributed by atoms with E-state index in [4.69, 9.17) is 17.0 Å². The lowest BCUT2D eigenvalue weighted by Crippen LogP contribution is -2.49. The molecule has 0 unspecified atom stereocenters. The summed E-state index contributed by atoms with van der Waals surface area (Å²) < 4.78 is 5.42. The van der Waals surface area contributed by atoms with Crippen LogP contribution in [0.4, 0.5) is 0 Å². The van der Waals surface area contributed by atoms with Crippen molar-refractivity contribution in [3.05, 3.63) is 29.8 Å². The second-order valence-corrected chi connectivity index (χ2v) is 6.37. The predicted octanol–water partition coefficient (Wildman–Crippen LogP) is 1.98. The maximum atomic E-state index is 11.8. The fourth-order valence-corrected chi connectivity index (χ4v) is 2.87. The molecule has 2 amide bonds. The molecule has 3 N–H and O–H groups in total. The minimum atomic E-state index is -0.384. The molecule has 1 saturated carbocycles. The summed E-state index contributed by atoms with van der Waals surface area (Å²) in [5.41, 5.74) is 5.86. The molecule has 0 saturated heterocycles. The van der Waals surface area contributed by atoms with Crippen LogP contribution in [-0.2, 0) is 9.59 Å². The van der Waals surface area contributed by atoms with Crippen LogP contribution in [0.25, 0.3) is 0 Å². The summed E-state index contributed by atoms with van der Waals surface area (Å²) in [7, 11) is 0. The zero-order valence-electron chi connectivity index (χ0n) is 13.8. The lowest BCUT2D eigenvalue weighted by molar-refractivity contribution is -0.124. The fraction of sp³-hybridized carbons (Fsp3) is 0.471. The number of hydrogen-bond acceptors (Lipinski definition) is 4. The molecule has 1 fully saturated rings. The van der Waals surface area contributed by atoms with E-state index in [1.807, 2.05) is 25.1 Å². The van der Waals surface area contributed by atoms with Crippen LogP contribution in [0.5, 0.6) is 5.75 Å². The van der Waals surface area contributed by atoms with Crippen molar-refractivity contribution in [2.75, 3.05) is 6.61 Å². The molecule has 1 aliphatic carbocycles. The van der Waals surface area contributed by atoms with Gasteiger partial charge >= 0.3 is 0 Å². The first kappa shape index (κ1) is 18.2. The van der Waals surface area contributed by atoms with Crippen LogP contribution in [-0.4, -0.2) is 23.5 Å². The zero-order chi connectivity index (χ0) is 17.4. The molecule has 1 aromatic carbocycles. The number of benzene rings is 1. The molecule has 0 spiro atoms. The second kappa shape index (κ2) is 9.22. The maximum absolute atomic E-state index is 11.8. The molecule has 7 heteroatoms. The van der Waals surface area contributed by atoms with Crippen LogP contribution in [0.1, 0.15) is 37.7 Å². The van der Waals surface area contributed by atoms with Crippen LogP contribution in [0.2, 0.25) is 0 Å². The Morgan fingerprint density at radius 3 is 2.58 bits per heavy atom. The summed E-state index contributed by atoms with van der Waals surface area (Å²) in [6, 6.07) is 7.44. The second-order valence-electron chi connectivity index (χ2n) is 5.96. The standard InChI is InChI=1S/C17H23N3O3S/c1-12-6-2-5-9-14(12)23-11-16(22)19-20-17(24)18-15(21)10-13-7-3-4-8-13/h2,5-6,9,13H,3-4,7-8,10-11H2,1H3,(H,19,22)(H2,18,20,21,24). The Morgan fingerprint density at radius 1 is 1.17 bits per heavy atom. The number of aryl methyl sites for hydroxylation is 1. The average Bonchev–Trinajstić information content (AvgIpc) is 3.05. The molecule has 0 radical (unpaired) electrons. The molecule has 1 aliphatic rings. The van der Waals surface area contributed by atoms with E-state index in [-0.39, 0.29) is 23.5 Å². The Kier molecular flexibility index (Phi) is 6.99. The Labute approximate surface area is 147 Å². The number of amides is 2. The van der Waals surface area contributed by atoms with E-state index < -0.39 is 0 Å². The molecular weight excluding hydrogens is 326 g/mol. The van der Waals surface area contributed by atoms with Gasteiger partial charge in [0, 0.05) is 6.42 Å². The van der Waals surface area contributed by atoms with Crippen molar-refractivity contribution in [3.63, 3.8) is 0 Å². The number of nitrogens with one attached hydrogen (secondary N) is 3. The number of hydrazine groups is 1. The first-order valence-corrected chi connectivity index (χ1v) is 8.52. The van der Waals surface area contributed by atoms with Gasteiger partial charge in [-0.2, -0.15) is 0 Å². The smallest absolute Gasteiger partial charge is 0.276 e. The molecule has 0 bridgehead atoms. The average molecular weight is 349 g/mol. The highest BCUT2D eigenvalue weighted by Gasteiger charge is 2.18. The zero-order valence-corrected chi connectivity index (χ0v) is 14.6. The van der Waals surface area contributed by atoms with Crippen LogP contribution < -0.4 is 20.9 Å². The van der Waals surface area contributed by atoms with E-state index in [9.17, 15) is 9.59 Å². The highest BCUT2D eigenvalue weighted by Crippen LogP contribution is 2.27. The number of para-hydroxylation sites is 1. The summed E-state index contributed by atoms with van der Waals surface area (Å²) in [6.07, 6.45) is 5.06. The minimum absolute atomic E-state index is 0.0854. The summed E-state index contributed by atoms with van der Waals surface area (Å²) >= 11 is 4.99. The predicted molar refractivity (Wildman–Crippen MR) is 95.3 cm³/mol. The lowest BCUT2D eigenvalue weighted by atomic mass is 10.0. The Balaban J connectivity index is 1.63. The van der Waals surface area contributed by atoms with Crippen LogP contribution >= 0.6 is 12.2 Å². The van der Waals surface area contributed by atoms with Crippen molar-refractivity contribution < 1.29 is 14.3 Å². The number of hydrogen-bond donors (Lipinski definition) is 3. The van der Waals surface area contributed by atoms with Gasteiger partial charge in [0.1, 0.15) is 5.75 Å². The number of thiocarbonyl (C=S) groups is 1. The van der Waals surface area contributed by atoms with Gasteiger partial charge in [-0.15, -0.1) is 0 Å². The van der Waals surface area contributed by atoms with Crippen molar-refractivity contribution in [2.24, 2.45) is 5.92 Å². The third-order valence-electron chi connectivity index (χ3n) is 3.97. The Morgan fingerprint density at radius 2 is 1.88 bits per heavy atom. The molecule has 130 valence electrons. The van der Waals surface area contributed by atoms with Gasteiger partial charge in [0.15, 0.2) is 11.7 Å². The van der Waals surface area contributed by atoms with E-state index in [0.29, 0.717) is 18.1 Å². The first-order chi connectivity index (χ1) is 11.5. The van der Waals surface area contributed by atoms with Crippen LogP contribution in [0, 0.1) is 12.8 Å². The molecular formula is C17H23N3O3S. The Hall–Kier alpha value is -2.15. The summed E-state index contributed by atoms with van der Waals surface area (Å²) in [5.74, 6) is 0.598. The lowest BCUT2D eigenvalue weighted by Gasteiger charge is -2.13. The SMILES string of the molecule is Cc1ccccc1OCC(=O)NNC(=S)NC(=O)CC1CCCC1. The molecule has 24 heavy (non-hydrogen) atoms. The highest BCUT2D eigenvalue weighted by atomic mass is 32.1. The van der Waals surface area contributed by atoms with E-state index in [0.717, 1.165) is 18.4 Å².